The van der Waals surface area contributed by atoms with Crippen molar-refractivity contribution in [2.45, 2.75) is 52.0 Å². The number of ether oxygens (including phenoxy) is 2. The third kappa shape index (κ3) is 5.57. The van der Waals surface area contributed by atoms with E-state index in [1.165, 1.54) is 0 Å². The lowest BCUT2D eigenvalue weighted by Crippen LogP contribution is -2.56. The molecule has 1 heterocycles. The van der Waals surface area contributed by atoms with Gasteiger partial charge in [0.2, 0.25) is 5.91 Å². The Kier molecular flexibility index (Phi) is 8.88. The molecule has 1 amide bonds. The van der Waals surface area contributed by atoms with Crippen LogP contribution in [0.3, 0.4) is 0 Å². The highest BCUT2D eigenvalue weighted by molar-refractivity contribution is 5.86. The van der Waals surface area contributed by atoms with Gasteiger partial charge in [-0.2, -0.15) is 0 Å². The monoisotopic (exact) mass is 300 g/mol. The number of amides is 1. The maximum Gasteiger partial charge on any atom is 0.243 e. The number of hydrogen-bond acceptors (Lipinski definition) is 4. The van der Waals surface area contributed by atoms with Crippen LogP contribution in [-0.4, -0.2) is 62.4 Å². The second-order valence-corrected chi connectivity index (χ2v) is 5.55. The Morgan fingerprint density at radius 3 is 2.19 bits per heavy atom. The van der Waals surface area contributed by atoms with E-state index in [4.69, 9.17) is 9.47 Å². The Labute approximate surface area is 129 Å². The van der Waals surface area contributed by atoms with Crippen LogP contribution in [0.15, 0.2) is 0 Å². The zero-order chi connectivity index (χ0) is 15.6. The van der Waals surface area contributed by atoms with E-state index in [0.29, 0.717) is 39.5 Å². The second kappa shape index (κ2) is 10.1. The van der Waals surface area contributed by atoms with Gasteiger partial charge in [0.25, 0.3) is 0 Å². The van der Waals surface area contributed by atoms with E-state index in [1.807, 2.05) is 18.7 Å². The highest BCUT2D eigenvalue weighted by Crippen LogP contribution is 2.27. The summed E-state index contributed by atoms with van der Waals surface area (Å²) in [6, 6.07) is 0. The molecule has 0 saturated carbocycles. The lowest BCUT2D eigenvalue weighted by atomic mass is 9.90. The van der Waals surface area contributed by atoms with Gasteiger partial charge >= 0.3 is 0 Å². The Morgan fingerprint density at radius 2 is 1.76 bits per heavy atom. The maximum absolute atomic E-state index is 13.0. The van der Waals surface area contributed by atoms with E-state index in [9.17, 15) is 4.79 Å². The van der Waals surface area contributed by atoms with Crippen molar-refractivity contribution in [1.29, 1.82) is 0 Å². The zero-order valence-corrected chi connectivity index (χ0v) is 14.0. The summed E-state index contributed by atoms with van der Waals surface area (Å²) < 4.78 is 10.8. The van der Waals surface area contributed by atoms with E-state index < -0.39 is 0 Å². The minimum atomic E-state index is -0.354. The highest BCUT2D eigenvalue weighted by atomic mass is 16.5. The van der Waals surface area contributed by atoms with E-state index >= 15 is 0 Å². The fourth-order valence-electron chi connectivity index (χ4n) is 2.99. The summed E-state index contributed by atoms with van der Waals surface area (Å²) in [5.74, 6) is 0.223. The van der Waals surface area contributed by atoms with E-state index in [0.717, 1.165) is 32.2 Å². The van der Waals surface area contributed by atoms with Crippen molar-refractivity contribution in [3.8, 4) is 0 Å². The molecule has 5 heteroatoms. The average molecular weight is 300 g/mol. The molecule has 21 heavy (non-hydrogen) atoms. The van der Waals surface area contributed by atoms with Crippen molar-refractivity contribution >= 4 is 5.91 Å². The molecule has 0 aromatic rings. The standard InChI is InChI=1S/C16H32N2O3/c1-4-8-16(9-7-10-17-16)15(19)18(11-13-20-5-2)12-14-21-6-3/h17H,4-14H2,1-3H3. The molecule has 0 spiro atoms. The van der Waals surface area contributed by atoms with Crippen LogP contribution in [0.5, 0.6) is 0 Å². The Bertz CT molecular complexity index is 281. The molecule has 1 N–H and O–H groups in total. The van der Waals surface area contributed by atoms with Gasteiger partial charge in [-0.25, -0.2) is 0 Å². The fraction of sp³-hybridized carbons (Fsp3) is 0.938. The van der Waals surface area contributed by atoms with Gasteiger partial charge in [0, 0.05) is 26.3 Å². The van der Waals surface area contributed by atoms with Crippen molar-refractivity contribution in [3.05, 3.63) is 0 Å². The maximum atomic E-state index is 13.0. The summed E-state index contributed by atoms with van der Waals surface area (Å²) in [4.78, 5) is 14.9. The first-order valence-corrected chi connectivity index (χ1v) is 8.40. The summed E-state index contributed by atoms with van der Waals surface area (Å²) in [5.41, 5.74) is -0.354. The van der Waals surface area contributed by atoms with Gasteiger partial charge in [-0.1, -0.05) is 13.3 Å². The van der Waals surface area contributed by atoms with Gasteiger partial charge in [-0.3, -0.25) is 4.79 Å². The Balaban J connectivity index is 2.66. The van der Waals surface area contributed by atoms with Gasteiger partial charge in [-0.15, -0.1) is 0 Å². The number of nitrogens with one attached hydrogen (secondary N) is 1. The Morgan fingerprint density at radius 1 is 1.14 bits per heavy atom. The molecule has 1 atom stereocenters. The van der Waals surface area contributed by atoms with Crippen molar-refractivity contribution in [2.24, 2.45) is 0 Å². The van der Waals surface area contributed by atoms with Crippen molar-refractivity contribution in [3.63, 3.8) is 0 Å². The molecule has 0 bridgehead atoms. The van der Waals surface area contributed by atoms with Crippen LogP contribution in [0.1, 0.15) is 46.5 Å². The molecule has 1 aliphatic heterocycles. The smallest absolute Gasteiger partial charge is 0.243 e. The van der Waals surface area contributed by atoms with Gasteiger partial charge in [0.15, 0.2) is 0 Å². The van der Waals surface area contributed by atoms with Crippen LogP contribution in [0.2, 0.25) is 0 Å². The molecule has 0 radical (unpaired) electrons. The van der Waals surface area contributed by atoms with E-state index in [2.05, 4.69) is 12.2 Å². The first-order valence-electron chi connectivity index (χ1n) is 8.40. The third-order valence-electron chi connectivity index (χ3n) is 4.04. The number of carbonyl (C=O) groups is 1. The van der Waals surface area contributed by atoms with E-state index in [1.54, 1.807) is 0 Å². The Hall–Kier alpha value is -0.650. The quantitative estimate of drug-likeness (QED) is 0.591. The van der Waals surface area contributed by atoms with Gasteiger partial charge < -0.3 is 19.7 Å². The molecule has 0 aliphatic carbocycles. The van der Waals surface area contributed by atoms with Crippen molar-refractivity contribution < 1.29 is 14.3 Å². The number of hydrogen-bond donors (Lipinski definition) is 1. The van der Waals surface area contributed by atoms with Crippen LogP contribution >= 0.6 is 0 Å². The predicted octanol–water partition coefficient (Wildman–Crippen LogP) is 1.81. The third-order valence-corrected chi connectivity index (χ3v) is 4.04. The van der Waals surface area contributed by atoms with Crippen molar-refractivity contribution in [2.75, 3.05) is 46.1 Å². The van der Waals surface area contributed by atoms with E-state index in [-0.39, 0.29) is 11.4 Å². The first-order chi connectivity index (χ1) is 10.2. The largest absolute Gasteiger partial charge is 0.380 e. The minimum absolute atomic E-state index is 0.223. The summed E-state index contributed by atoms with van der Waals surface area (Å²) in [6.45, 7) is 10.9. The fourth-order valence-corrected chi connectivity index (χ4v) is 2.99. The molecular formula is C16H32N2O3. The van der Waals surface area contributed by atoms with Crippen LogP contribution in [0.4, 0.5) is 0 Å². The van der Waals surface area contributed by atoms with Gasteiger partial charge in [0.1, 0.15) is 0 Å². The summed E-state index contributed by atoms with van der Waals surface area (Å²) in [6.07, 6.45) is 3.95. The number of carbonyl (C=O) groups excluding carboxylic acids is 1. The molecule has 1 rings (SSSR count). The summed E-state index contributed by atoms with van der Waals surface area (Å²) in [5, 5.41) is 3.46. The van der Waals surface area contributed by atoms with Crippen LogP contribution in [0, 0.1) is 0 Å². The molecule has 5 nitrogen and oxygen atoms in total. The topological polar surface area (TPSA) is 50.8 Å². The second-order valence-electron chi connectivity index (χ2n) is 5.55. The molecule has 0 aromatic carbocycles. The summed E-state index contributed by atoms with van der Waals surface area (Å²) >= 11 is 0. The van der Waals surface area contributed by atoms with Crippen LogP contribution < -0.4 is 5.32 Å². The number of nitrogens with zero attached hydrogens (tertiary/aromatic N) is 1. The zero-order valence-electron chi connectivity index (χ0n) is 14.0. The summed E-state index contributed by atoms with van der Waals surface area (Å²) in [7, 11) is 0. The lowest BCUT2D eigenvalue weighted by molar-refractivity contribution is -0.139. The highest BCUT2D eigenvalue weighted by Gasteiger charge is 2.42. The van der Waals surface area contributed by atoms with Crippen molar-refractivity contribution in [1.82, 2.24) is 10.2 Å². The van der Waals surface area contributed by atoms with Gasteiger partial charge in [0.05, 0.1) is 18.8 Å². The molecule has 1 unspecified atom stereocenters. The lowest BCUT2D eigenvalue weighted by Gasteiger charge is -2.34. The van der Waals surface area contributed by atoms with Crippen LogP contribution in [-0.2, 0) is 14.3 Å². The molecule has 0 aromatic heterocycles. The molecule has 1 saturated heterocycles. The molecule has 124 valence electrons. The number of rotatable bonds is 11. The van der Waals surface area contributed by atoms with Crippen LogP contribution in [0.25, 0.3) is 0 Å². The van der Waals surface area contributed by atoms with Gasteiger partial charge in [-0.05, 0) is 39.7 Å². The predicted molar refractivity (Wildman–Crippen MR) is 84.4 cm³/mol. The first kappa shape index (κ1) is 18.4. The molecule has 1 aliphatic rings. The molecule has 1 fully saturated rings. The SMILES string of the molecule is CCCC1(C(=O)N(CCOCC)CCOCC)CCCN1. The molecular weight excluding hydrogens is 268 g/mol. The normalized spacial score (nSPS) is 21.7. The average Bonchev–Trinajstić information content (AvgIpc) is 2.95. The minimum Gasteiger partial charge on any atom is -0.380 e.